The summed E-state index contributed by atoms with van der Waals surface area (Å²) in [5.74, 6) is -1.77. The molecule has 3 saturated heterocycles. The fraction of sp³-hybridized carbons (Fsp3) is 0.645. The number of carbonyl (C=O) groups excluding carboxylic acids is 5. The van der Waals surface area contributed by atoms with E-state index in [0.29, 0.717) is 31.4 Å². The van der Waals surface area contributed by atoms with Crippen molar-refractivity contribution < 1.29 is 42.7 Å². The molecule has 11 heteroatoms. The lowest BCUT2D eigenvalue weighted by molar-refractivity contribution is -0.600. The molecule has 11 nitrogen and oxygen atoms in total. The van der Waals surface area contributed by atoms with Gasteiger partial charge in [0.2, 0.25) is 11.2 Å². The van der Waals surface area contributed by atoms with E-state index < -0.39 is 68.8 Å². The van der Waals surface area contributed by atoms with Gasteiger partial charge in [-0.15, -0.1) is 0 Å². The zero-order valence-corrected chi connectivity index (χ0v) is 26.0. The fourth-order valence-electron chi connectivity index (χ4n) is 7.49. The zero-order valence-electron chi connectivity index (χ0n) is 26.0. The third-order valence-electron chi connectivity index (χ3n) is 9.64. The smallest absolute Gasteiger partial charge is 0.475 e. The molecule has 4 aliphatic rings. The Hall–Kier alpha value is -3.31. The minimum absolute atomic E-state index is 0.220. The van der Waals surface area contributed by atoms with Crippen LogP contribution >= 0.6 is 0 Å². The number of amides is 5. The maximum Gasteiger partial charge on any atom is 0.534 e. The zero-order chi connectivity index (χ0) is 31.2. The second-order valence-corrected chi connectivity index (χ2v) is 13.7. The van der Waals surface area contributed by atoms with E-state index in [2.05, 4.69) is 5.32 Å². The van der Waals surface area contributed by atoms with Crippen molar-refractivity contribution in [2.75, 3.05) is 7.11 Å². The molecule has 1 aromatic carbocycles. The van der Waals surface area contributed by atoms with Crippen molar-refractivity contribution in [3.63, 3.8) is 0 Å². The number of hydrogen-bond donors (Lipinski definition) is 1. The summed E-state index contributed by atoms with van der Waals surface area (Å²) >= 11 is 0. The summed E-state index contributed by atoms with van der Waals surface area (Å²) < 4.78 is 16.5. The summed E-state index contributed by atoms with van der Waals surface area (Å²) in [7, 11) is 1.57. The standard InChI is InChI=1S/C31H41N3O8/c1-10-31(41-20-12-11-17(2)15-18(20)3)25(37)32-30(31)14-13-21(40-9)19(16-30)33(28(4,5)6)23(35)22-24(36)34(22)26(38)29(7,8)42-27(34)39/h11-12,15,19,21-22H,10,13-14,16H2,1-9H3/p+1. The molecule has 3 heterocycles. The maximum atomic E-state index is 14.3. The molecule has 5 amide bonds. The average Bonchev–Trinajstić information content (AvgIpc) is 3.47. The van der Waals surface area contributed by atoms with E-state index in [1.165, 1.54) is 13.8 Å². The molecular weight excluding hydrogens is 542 g/mol. The van der Waals surface area contributed by atoms with E-state index in [1.807, 2.05) is 59.7 Å². The summed E-state index contributed by atoms with van der Waals surface area (Å²) in [5, 5.41) is 3.14. The van der Waals surface area contributed by atoms with Crippen molar-refractivity contribution in [3.8, 4) is 5.75 Å². The van der Waals surface area contributed by atoms with Crippen molar-refractivity contribution in [2.24, 2.45) is 0 Å². The Morgan fingerprint density at radius 2 is 1.83 bits per heavy atom. The van der Waals surface area contributed by atoms with Gasteiger partial charge in [-0.25, -0.2) is 9.59 Å². The molecule has 4 fully saturated rings. The van der Waals surface area contributed by atoms with Crippen LogP contribution in [0.1, 0.15) is 78.4 Å². The number of hydrogen-bond acceptors (Lipinski definition) is 8. The molecule has 0 bridgehead atoms. The number of nitrogens with one attached hydrogen (secondary N) is 1. The van der Waals surface area contributed by atoms with Crippen molar-refractivity contribution in [3.05, 3.63) is 29.3 Å². The minimum atomic E-state index is -1.51. The molecule has 1 saturated carbocycles. The molecule has 0 radical (unpaired) electrons. The highest BCUT2D eigenvalue weighted by Crippen LogP contribution is 2.52. The number of cyclic esters (lactones) is 1. The molecule has 6 unspecified atom stereocenters. The monoisotopic (exact) mass is 584 g/mol. The van der Waals surface area contributed by atoms with Gasteiger partial charge >= 0.3 is 23.9 Å². The predicted molar refractivity (Wildman–Crippen MR) is 150 cm³/mol. The third-order valence-corrected chi connectivity index (χ3v) is 9.64. The molecule has 3 aliphatic heterocycles. The first-order chi connectivity index (χ1) is 19.4. The number of rotatable bonds is 6. The number of carbonyl (C=O) groups is 5. The Balaban J connectivity index is 1.52. The Kier molecular flexibility index (Phi) is 6.71. The summed E-state index contributed by atoms with van der Waals surface area (Å²) in [6.45, 7) is 14.2. The summed E-state index contributed by atoms with van der Waals surface area (Å²) in [6.07, 6.45) is 0.308. The summed E-state index contributed by atoms with van der Waals surface area (Å²) in [6, 6.07) is 3.71. The highest BCUT2D eigenvalue weighted by Gasteiger charge is 2.89. The first kappa shape index (κ1) is 30.2. The van der Waals surface area contributed by atoms with Crippen LogP contribution in [0, 0.1) is 13.8 Å². The van der Waals surface area contributed by atoms with Crippen LogP contribution in [-0.4, -0.2) is 86.7 Å². The van der Waals surface area contributed by atoms with Gasteiger partial charge in [0.1, 0.15) is 5.75 Å². The van der Waals surface area contributed by atoms with E-state index in [9.17, 15) is 24.0 Å². The lowest BCUT2D eigenvalue weighted by atomic mass is 9.60. The number of β-lactam (4-membered cyclic amide) rings is 1. The normalized spacial score (nSPS) is 35.1. The van der Waals surface area contributed by atoms with E-state index in [0.717, 1.165) is 11.1 Å². The van der Waals surface area contributed by atoms with Gasteiger partial charge in [0.05, 0.1) is 17.7 Å². The van der Waals surface area contributed by atoms with Crippen LogP contribution < -0.4 is 10.1 Å². The SMILES string of the molecule is CCC1(Oc2ccc(C)cc2C)C(=O)NC12CCC(OC)C(N(C(=O)C1C(=O)[N+]13C(=O)OC(C)(C)C3=O)C(C)(C)C)C2. The van der Waals surface area contributed by atoms with E-state index in [4.69, 9.17) is 14.2 Å². The fourth-order valence-corrected chi connectivity index (χ4v) is 7.49. The average molecular weight is 585 g/mol. The Bertz CT molecular complexity index is 1400. The summed E-state index contributed by atoms with van der Waals surface area (Å²) in [5.41, 5.74) is -2.35. The number of imide groups is 3. The van der Waals surface area contributed by atoms with Gasteiger partial charge in [-0.05, 0) is 85.8 Å². The number of benzene rings is 1. The molecule has 1 aromatic rings. The highest BCUT2D eigenvalue weighted by atomic mass is 16.6. The van der Waals surface area contributed by atoms with Gasteiger partial charge < -0.3 is 24.4 Å². The molecule has 0 aromatic heterocycles. The largest absolute Gasteiger partial charge is 0.534 e. The number of nitrogens with zero attached hydrogens (tertiary/aromatic N) is 2. The molecule has 42 heavy (non-hydrogen) atoms. The summed E-state index contributed by atoms with van der Waals surface area (Å²) in [4.78, 5) is 68.5. The second kappa shape index (κ2) is 9.34. The lowest BCUT2D eigenvalue weighted by Crippen LogP contribution is -2.85. The highest BCUT2D eigenvalue weighted by molar-refractivity contribution is 6.23. The number of quaternary nitrogens is 1. The third kappa shape index (κ3) is 3.88. The van der Waals surface area contributed by atoms with Crippen LogP contribution in [-0.2, 0) is 28.7 Å². The first-order valence-corrected chi connectivity index (χ1v) is 14.6. The minimum Gasteiger partial charge on any atom is -0.475 e. The second-order valence-electron chi connectivity index (χ2n) is 13.7. The maximum absolute atomic E-state index is 14.3. The van der Waals surface area contributed by atoms with Gasteiger partial charge in [0.25, 0.3) is 11.8 Å². The van der Waals surface area contributed by atoms with Crippen molar-refractivity contribution >= 4 is 29.7 Å². The molecule has 1 N–H and O–H groups in total. The topological polar surface area (TPSA) is 128 Å². The van der Waals surface area contributed by atoms with Gasteiger partial charge in [-0.2, -0.15) is 4.79 Å². The van der Waals surface area contributed by atoms with Crippen LogP contribution in [0.3, 0.4) is 0 Å². The predicted octanol–water partition coefficient (Wildman–Crippen LogP) is 3.08. The molecule has 2 spiro atoms. The van der Waals surface area contributed by atoms with Crippen LogP contribution in [0.4, 0.5) is 4.79 Å². The number of ether oxygens (including phenoxy) is 3. The molecule has 228 valence electrons. The van der Waals surface area contributed by atoms with Crippen LogP contribution in [0.15, 0.2) is 18.2 Å². The van der Waals surface area contributed by atoms with Crippen LogP contribution in [0.25, 0.3) is 0 Å². The number of aryl methyl sites for hydroxylation is 2. The molecular formula is C31H42N3O8+. The van der Waals surface area contributed by atoms with E-state index >= 15 is 0 Å². The van der Waals surface area contributed by atoms with Crippen molar-refractivity contribution in [2.45, 2.75) is 122 Å². The van der Waals surface area contributed by atoms with Gasteiger partial charge in [0, 0.05) is 12.6 Å². The number of methoxy groups -OCH3 is 1. The van der Waals surface area contributed by atoms with Crippen LogP contribution in [0.2, 0.25) is 0 Å². The molecule has 1 aliphatic carbocycles. The van der Waals surface area contributed by atoms with Gasteiger partial charge in [0.15, 0.2) is 0 Å². The van der Waals surface area contributed by atoms with E-state index in [1.54, 1.807) is 12.0 Å². The molecule has 5 rings (SSSR count). The van der Waals surface area contributed by atoms with Crippen molar-refractivity contribution in [1.82, 2.24) is 10.2 Å². The van der Waals surface area contributed by atoms with Crippen LogP contribution in [0.5, 0.6) is 5.75 Å². The molecule has 6 atom stereocenters. The van der Waals surface area contributed by atoms with E-state index in [-0.39, 0.29) is 5.91 Å². The Morgan fingerprint density at radius 1 is 1.17 bits per heavy atom. The van der Waals surface area contributed by atoms with Crippen molar-refractivity contribution in [1.29, 1.82) is 0 Å². The van der Waals surface area contributed by atoms with Gasteiger partial charge in [-0.1, -0.05) is 29.1 Å². The lowest BCUT2D eigenvalue weighted by Gasteiger charge is -2.62. The first-order valence-electron chi connectivity index (χ1n) is 14.6. The van der Waals surface area contributed by atoms with Gasteiger partial charge in [-0.3, -0.25) is 9.59 Å². The Labute approximate surface area is 246 Å². The quantitative estimate of drug-likeness (QED) is 0.178. The Morgan fingerprint density at radius 3 is 2.33 bits per heavy atom.